The van der Waals surface area contributed by atoms with Crippen LogP contribution in [0.3, 0.4) is 0 Å². The Bertz CT molecular complexity index is 520. The van der Waals surface area contributed by atoms with E-state index in [0.29, 0.717) is 30.9 Å². The van der Waals surface area contributed by atoms with Crippen LogP contribution in [0.4, 0.5) is 4.79 Å². The normalized spacial score (nSPS) is 22.7. The molecule has 2 bridgehead atoms. The summed E-state index contributed by atoms with van der Waals surface area (Å²) < 4.78 is 0. The summed E-state index contributed by atoms with van der Waals surface area (Å²) in [6.07, 6.45) is 1.64. The summed E-state index contributed by atoms with van der Waals surface area (Å²) in [4.78, 5) is 29.8. The fraction of sp³-hybridized carbons (Fsp3) is 0.667. The van der Waals surface area contributed by atoms with E-state index in [-0.39, 0.29) is 36.8 Å². The molecule has 2 aliphatic heterocycles. The summed E-state index contributed by atoms with van der Waals surface area (Å²) in [5, 5.41) is 24.1. The molecule has 0 aromatic heterocycles. The summed E-state index contributed by atoms with van der Waals surface area (Å²) in [5.41, 5.74) is 10.2. The highest BCUT2D eigenvalue weighted by molar-refractivity contribution is 6.00. The first kappa shape index (κ1) is 16.8. The van der Waals surface area contributed by atoms with Crippen LogP contribution in [-0.2, 0) is 9.63 Å². The maximum absolute atomic E-state index is 11.8. The molecule has 0 aromatic rings. The van der Waals surface area contributed by atoms with Gasteiger partial charge in [0, 0.05) is 13.0 Å². The van der Waals surface area contributed by atoms with Gasteiger partial charge in [-0.15, -0.1) is 0 Å². The molecular weight excluding hydrogens is 306 g/mol. The number of amides is 3. The number of amidine groups is 1. The van der Waals surface area contributed by atoms with Gasteiger partial charge >= 0.3 is 6.03 Å². The number of carbonyl (C=O) groups excluding carboxylic acids is 2. The zero-order valence-corrected chi connectivity index (χ0v) is 12.6. The lowest BCUT2D eigenvalue weighted by Gasteiger charge is -2.30. The van der Waals surface area contributed by atoms with Crippen molar-refractivity contribution in [1.82, 2.24) is 15.3 Å². The molecule has 11 nitrogen and oxygen atoms in total. The van der Waals surface area contributed by atoms with Gasteiger partial charge in [0.15, 0.2) is 0 Å². The van der Waals surface area contributed by atoms with Crippen molar-refractivity contribution in [2.75, 3.05) is 13.2 Å². The number of hydroxylamine groups is 2. The van der Waals surface area contributed by atoms with Gasteiger partial charge < -0.3 is 26.5 Å². The second kappa shape index (κ2) is 7.13. The molecule has 2 heterocycles. The van der Waals surface area contributed by atoms with Crippen molar-refractivity contribution < 1.29 is 19.6 Å². The number of guanidine groups is 1. The van der Waals surface area contributed by atoms with Crippen molar-refractivity contribution in [3.63, 3.8) is 0 Å². The Morgan fingerprint density at radius 3 is 2.91 bits per heavy atom. The van der Waals surface area contributed by atoms with Crippen LogP contribution in [0.1, 0.15) is 25.7 Å². The molecule has 2 saturated heterocycles. The number of piperidine rings is 1. The molecule has 3 amide bonds. The number of nitrogens with zero attached hydrogens (tertiary/aromatic N) is 3. The molecule has 0 saturated carbocycles. The van der Waals surface area contributed by atoms with E-state index < -0.39 is 12.1 Å². The minimum Gasteiger partial charge on any atom is -0.393 e. The van der Waals surface area contributed by atoms with Gasteiger partial charge in [0.2, 0.25) is 11.9 Å². The number of urea groups is 1. The molecule has 2 fully saturated rings. The Labute approximate surface area is 132 Å². The lowest BCUT2D eigenvalue weighted by atomic mass is 10.00. The molecule has 0 radical (unpaired) electrons. The molecule has 0 aromatic carbocycles. The Morgan fingerprint density at radius 1 is 1.48 bits per heavy atom. The Balaban J connectivity index is 1.75. The standard InChI is InChI=1S/C12H21N7O4/c13-10(16-9(20)2-1-5-23-17-11(14)15)8-4-3-7-6-18(8)12(21)19(7)22/h7-8,22H,1-6H2,(H2,13,16,20)(H4,14,15,17)/t7-,8+/m1/s1. The minimum atomic E-state index is -0.526. The molecule has 7 N–H and O–H groups in total. The first-order valence-corrected chi connectivity index (χ1v) is 7.28. The topological polar surface area (TPSA) is 170 Å². The van der Waals surface area contributed by atoms with Crippen LogP contribution >= 0.6 is 0 Å². The molecule has 2 aliphatic rings. The van der Waals surface area contributed by atoms with Gasteiger partial charge in [-0.3, -0.25) is 15.4 Å². The van der Waals surface area contributed by atoms with E-state index in [1.54, 1.807) is 0 Å². The van der Waals surface area contributed by atoms with E-state index in [2.05, 4.69) is 10.5 Å². The van der Waals surface area contributed by atoms with E-state index in [1.165, 1.54) is 4.90 Å². The van der Waals surface area contributed by atoms with Crippen molar-refractivity contribution in [2.45, 2.75) is 37.8 Å². The van der Waals surface area contributed by atoms with Gasteiger partial charge in [0.05, 0.1) is 12.1 Å². The van der Waals surface area contributed by atoms with E-state index in [4.69, 9.17) is 21.7 Å². The maximum Gasteiger partial charge on any atom is 0.344 e. The third-order valence-corrected chi connectivity index (χ3v) is 3.76. The predicted molar refractivity (Wildman–Crippen MR) is 79.4 cm³/mol. The minimum absolute atomic E-state index is 0.0396. The smallest absolute Gasteiger partial charge is 0.344 e. The van der Waals surface area contributed by atoms with E-state index >= 15 is 0 Å². The van der Waals surface area contributed by atoms with Gasteiger partial charge in [0.1, 0.15) is 12.4 Å². The fourth-order valence-electron chi connectivity index (χ4n) is 2.66. The van der Waals surface area contributed by atoms with Crippen molar-refractivity contribution in [2.24, 2.45) is 16.6 Å². The van der Waals surface area contributed by atoms with Crippen molar-refractivity contribution in [3.8, 4) is 0 Å². The predicted octanol–water partition coefficient (Wildman–Crippen LogP) is -1.28. The van der Waals surface area contributed by atoms with Gasteiger partial charge in [-0.25, -0.2) is 9.86 Å². The number of hydrogen-bond donors (Lipinski definition) is 5. The quantitative estimate of drug-likeness (QED) is 0.134. The van der Waals surface area contributed by atoms with E-state index in [9.17, 15) is 14.8 Å². The van der Waals surface area contributed by atoms with E-state index in [1.807, 2.05) is 0 Å². The molecule has 2 rings (SSSR count). The summed E-state index contributed by atoms with van der Waals surface area (Å²) in [6.45, 7) is 0.540. The van der Waals surface area contributed by atoms with Gasteiger partial charge in [-0.2, -0.15) is 0 Å². The highest BCUT2D eigenvalue weighted by Crippen LogP contribution is 2.28. The van der Waals surface area contributed by atoms with Crippen LogP contribution < -0.4 is 16.8 Å². The van der Waals surface area contributed by atoms with Gasteiger partial charge in [-0.05, 0) is 24.4 Å². The Morgan fingerprint density at radius 2 is 2.22 bits per heavy atom. The van der Waals surface area contributed by atoms with Crippen LogP contribution in [0.25, 0.3) is 0 Å². The zero-order chi connectivity index (χ0) is 17.0. The largest absolute Gasteiger partial charge is 0.393 e. The number of oxime groups is 1. The summed E-state index contributed by atoms with van der Waals surface area (Å²) in [5.74, 6) is -0.583. The van der Waals surface area contributed by atoms with E-state index in [0.717, 1.165) is 0 Å². The average molecular weight is 327 g/mol. The lowest BCUT2D eigenvalue weighted by Crippen LogP contribution is -2.50. The van der Waals surface area contributed by atoms with Gasteiger partial charge in [0.25, 0.3) is 0 Å². The van der Waals surface area contributed by atoms with Crippen LogP contribution in [0.5, 0.6) is 0 Å². The van der Waals surface area contributed by atoms with Crippen molar-refractivity contribution >= 4 is 23.7 Å². The fourth-order valence-corrected chi connectivity index (χ4v) is 2.66. The monoisotopic (exact) mass is 327 g/mol. The summed E-state index contributed by atoms with van der Waals surface area (Å²) in [6, 6.07) is -1.27. The second-order valence-corrected chi connectivity index (χ2v) is 5.44. The van der Waals surface area contributed by atoms with Crippen LogP contribution in [0.15, 0.2) is 5.16 Å². The molecule has 23 heavy (non-hydrogen) atoms. The maximum atomic E-state index is 11.8. The highest BCUT2D eigenvalue weighted by Gasteiger charge is 2.45. The zero-order valence-electron chi connectivity index (χ0n) is 12.6. The molecule has 0 aliphatic carbocycles. The Hall–Kier alpha value is -2.56. The van der Waals surface area contributed by atoms with Gasteiger partial charge in [-0.1, -0.05) is 0 Å². The molecule has 0 unspecified atom stereocenters. The lowest BCUT2D eigenvalue weighted by molar-refractivity contribution is -0.120. The SMILES string of the molecule is N=C(NC(=O)CCCON=C(N)N)[C@@H]1CC[C@@H]2CN1C(=O)N2O. The number of carbonyl (C=O) groups is 2. The van der Waals surface area contributed by atoms with Crippen LogP contribution in [0.2, 0.25) is 0 Å². The van der Waals surface area contributed by atoms with Crippen LogP contribution in [0, 0.1) is 5.41 Å². The Kier molecular flexibility index (Phi) is 5.21. The third-order valence-electron chi connectivity index (χ3n) is 3.76. The number of hydrogen-bond acceptors (Lipinski definition) is 6. The average Bonchev–Trinajstić information content (AvgIpc) is 2.71. The third kappa shape index (κ3) is 4.00. The molecular formula is C12H21N7O4. The summed E-state index contributed by atoms with van der Waals surface area (Å²) >= 11 is 0. The second-order valence-electron chi connectivity index (χ2n) is 5.44. The first-order chi connectivity index (χ1) is 10.9. The number of nitrogens with two attached hydrogens (primary N) is 2. The van der Waals surface area contributed by atoms with Crippen LogP contribution in [-0.4, -0.2) is 64.1 Å². The molecule has 11 heteroatoms. The summed E-state index contributed by atoms with van der Waals surface area (Å²) in [7, 11) is 0. The number of rotatable bonds is 6. The molecule has 0 spiro atoms. The highest BCUT2D eigenvalue weighted by atomic mass is 16.6. The number of nitrogens with one attached hydrogen (secondary N) is 2. The molecule has 2 atom stereocenters. The first-order valence-electron chi connectivity index (χ1n) is 7.28. The van der Waals surface area contributed by atoms with Crippen molar-refractivity contribution in [1.29, 1.82) is 5.41 Å². The molecule has 128 valence electrons. The van der Waals surface area contributed by atoms with Crippen molar-refractivity contribution in [3.05, 3.63) is 0 Å². The number of fused-ring (bicyclic) bond motifs is 2.